The van der Waals surface area contributed by atoms with Crippen LogP contribution in [-0.2, 0) is 25.5 Å². The Labute approximate surface area is 205 Å². The molecule has 5 N–H and O–H groups in total. The third kappa shape index (κ3) is 4.52. The summed E-state index contributed by atoms with van der Waals surface area (Å²) in [6.07, 6.45) is -2.61. The van der Waals surface area contributed by atoms with Crippen molar-refractivity contribution < 1.29 is 49.3 Å². The molecule has 188 valence electrons. The van der Waals surface area contributed by atoms with Crippen molar-refractivity contribution in [2.45, 2.75) is 31.5 Å². The first-order chi connectivity index (χ1) is 17.1. The highest BCUT2D eigenvalue weighted by Gasteiger charge is 2.45. The molecule has 1 aliphatic rings. The van der Waals surface area contributed by atoms with Gasteiger partial charge in [-0.15, -0.1) is 0 Å². The van der Waals surface area contributed by atoms with E-state index in [4.69, 9.17) is 14.2 Å². The smallest absolute Gasteiger partial charge is 0.347 e. The molecule has 0 radical (unpaired) electrons. The molecule has 10 nitrogen and oxygen atoms in total. The molecule has 1 aliphatic heterocycles. The second-order valence-corrected chi connectivity index (χ2v) is 8.38. The maximum absolute atomic E-state index is 13.6. The molecule has 0 spiro atoms. The van der Waals surface area contributed by atoms with Gasteiger partial charge in [0, 0.05) is 12.0 Å². The molecule has 0 bridgehead atoms. The fourth-order valence-corrected chi connectivity index (χ4v) is 4.19. The van der Waals surface area contributed by atoms with Gasteiger partial charge in [-0.1, -0.05) is 18.2 Å². The number of hydrogen-bond donors (Lipinski definition) is 5. The summed E-state index contributed by atoms with van der Waals surface area (Å²) in [5, 5.41) is 49.4. The van der Waals surface area contributed by atoms with Crippen molar-refractivity contribution in [2.75, 3.05) is 7.11 Å². The third-order valence-corrected chi connectivity index (χ3v) is 6.02. The monoisotopic (exact) mass is 496 g/mol. The van der Waals surface area contributed by atoms with Crippen LogP contribution in [-0.4, -0.2) is 50.7 Å². The average Bonchev–Trinajstić information content (AvgIpc) is 3.26. The van der Waals surface area contributed by atoms with Gasteiger partial charge in [-0.05, 0) is 53.9 Å². The van der Waals surface area contributed by atoms with E-state index in [0.717, 1.165) is 7.11 Å². The maximum atomic E-state index is 13.6. The highest BCUT2D eigenvalue weighted by Crippen LogP contribution is 2.52. The van der Waals surface area contributed by atoms with Crippen LogP contribution in [0.4, 0.5) is 0 Å². The number of aromatic hydroxyl groups is 5. The van der Waals surface area contributed by atoms with Gasteiger partial charge >= 0.3 is 11.9 Å². The van der Waals surface area contributed by atoms with E-state index in [1.165, 1.54) is 42.5 Å². The largest absolute Gasteiger partial charge is 0.504 e. The van der Waals surface area contributed by atoms with Crippen LogP contribution in [0, 0.1) is 6.92 Å². The molecule has 0 saturated carbocycles. The van der Waals surface area contributed by atoms with E-state index in [2.05, 4.69) is 0 Å². The first kappa shape index (κ1) is 24.5. The third-order valence-electron chi connectivity index (χ3n) is 6.02. The predicted molar refractivity (Wildman–Crippen MR) is 124 cm³/mol. The Kier molecular flexibility index (Phi) is 6.52. The number of hydrogen-bond acceptors (Lipinski definition) is 10. The maximum Gasteiger partial charge on any atom is 0.347 e. The van der Waals surface area contributed by atoms with Gasteiger partial charge < -0.3 is 39.7 Å². The standard InChI is InChI=1S/C26H24O10/c1-12-3-6-17(29)24-21(12)22(23(36-24)14-5-8-16(28)19(31)11-14)26(33)35-20(25(32)34-2)10-13-4-7-15(27)18(30)9-13/h3-9,11,20,22-23,27-31H,10H2,1-2H3. The average molecular weight is 496 g/mol. The number of benzene rings is 3. The zero-order valence-corrected chi connectivity index (χ0v) is 19.3. The Morgan fingerprint density at radius 2 is 1.53 bits per heavy atom. The van der Waals surface area contributed by atoms with Crippen molar-refractivity contribution in [3.8, 4) is 34.5 Å². The molecule has 3 atom stereocenters. The second kappa shape index (κ2) is 9.57. The zero-order valence-electron chi connectivity index (χ0n) is 19.3. The molecule has 1 heterocycles. The molecule has 3 aromatic carbocycles. The quantitative estimate of drug-likeness (QED) is 0.253. The SMILES string of the molecule is COC(=O)C(Cc1ccc(O)c(O)c1)OC(=O)C1c2c(C)ccc(O)c2OC1c1ccc(O)c(O)c1. The van der Waals surface area contributed by atoms with Gasteiger partial charge in [0.2, 0.25) is 6.10 Å². The van der Waals surface area contributed by atoms with Gasteiger partial charge in [0.05, 0.1) is 7.11 Å². The van der Waals surface area contributed by atoms with E-state index >= 15 is 0 Å². The van der Waals surface area contributed by atoms with E-state index in [1.54, 1.807) is 13.0 Å². The number of ether oxygens (including phenoxy) is 3. The first-order valence-electron chi connectivity index (χ1n) is 10.9. The fraction of sp³-hybridized carbons (Fsp3) is 0.231. The molecule has 3 aromatic rings. The van der Waals surface area contributed by atoms with Crippen LogP contribution in [0.2, 0.25) is 0 Å². The molecule has 0 aliphatic carbocycles. The Morgan fingerprint density at radius 1 is 0.889 bits per heavy atom. The van der Waals surface area contributed by atoms with E-state index in [1.807, 2.05) is 0 Å². The number of rotatable bonds is 6. The lowest BCUT2D eigenvalue weighted by molar-refractivity contribution is -0.167. The zero-order chi connectivity index (χ0) is 26.1. The Balaban J connectivity index is 1.71. The van der Waals surface area contributed by atoms with Crippen LogP contribution >= 0.6 is 0 Å². The summed E-state index contributed by atoms with van der Waals surface area (Å²) in [4.78, 5) is 26.0. The minimum Gasteiger partial charge on any atom is -0.504 e. The highest BCUT2D eigenvalue weighted by molar-refractivity contribution is 5.86. The van der Waals surface area contributed by atoms with Crippen molar-refractivity contribution in [1.29, 1.82) is 0 Å². The molecule has 0 fully saturated rings. The van der Waals surface area contributed by atoms with Crippen LogP contribution in [0.1, 0.15) is 34.3 Å². The van der Waals surface area contributed by atoms with Crippen molar-refractivity contribution in [1.82, 2.24) is 0 Å². The number of phenolic OH excluding ortho intramolecular Hbond substituents is 5. The van der Waals surface area contributed by atoms with Crippen LogP contribution in [0.5, 0.6) is 34.5 Å². The minimum atomic E-state index is -1.40. The molecular weight excluding hydrogens is 472 g/mol. The molecular formula is C26H24O10. The molecule has 4 rings (SSSR count). The summed E-state index contributed by atoms with van der Waals surface area (Å²) < 4.78 is 16.3. The molecule has 0 saturated heterocycles. The van der Waals surface area contributed by atoms with Gasteiger partial charge in [0.15, 0.2) is 34.5 Å². The lowest BCUT2D eigenvalue weighted by Gasteiger charge is -2.22. The number of esters is 2. The van der Waals surface area contributed by atoms with Crippen molar-refractivity contribution in [3.05, 3.63) is 70.8 Å². The van der Waals surface area contributed by atoms with Gasteiger partial charge in [-0.2, -0.15) is 0 Å². The summed E-state index contributed by atoms with van der Waals surface area (Å²) in [5.41, 5.74) is 1.68. The Hall–Kier alpha value is -4.60. The lowest BCUT2D eigenvalue weighted by Crippen LogP contribution is -2.33. The fourth-order valence-electron chi connectivity index (χ4n) is 4.19. The molecule has 3 unspecified atom stereocenters. The van der Waals surface area contributed by atoms with Crippen molar-refractivity contribution in [2.24, 2.45) is 0 Å². The lowest BCUT2D eigenvalue weighted by atomic mass is 9.88. The van der Waals surface area contributed by atoms with Crippen molar-refractivity contribution >= 4 is 11.9 Å². The van der Waals surface area contributed by atoms with Crippen molar-refractivity contribution in [3.63, 3.8) is 0 Å². The minimum absolute atomic E-state index is 0.0626. The van der Waals surface area contributed by atoms with E-state index in [0.29, 0.717) is 22.3 Å². The summed E-state index contributed by atoms with van der Waals surface area (Å²) in [6.45, 7) is 1.72. The molecule has 0 aromatic heterocycles. The van der Waals surface area contributed by atoms with E-state index in [9.17, 15) is 35.1 Å². The van der Waals surface area contributed by atoms with Crippen LogP contribution in [0.25, 0.3) is 0 Å². The number of phenols is 5. The topological polar surface area (TPSA) is 163 Å². The van der Waals surface area contributed by atoms with Gasteiger partial charge in [-0.3, -0.25) is 4.79 Å². The number of carbonyl (C=O) groups excluding carboxylic acids is 2. The van der Waals surface area contributed by atoms with Crippen LogP contribution < -0.4 is 4.74 Å². The summed E-state index contributed by atoms with van der Waals surface area (Å²) in [7, 11) is 1.13. The predicted octanol–water partition coefficient (Wildman–Crippen LogP) is 3.07. The number of aryl methyl sites for hydroxylation is 1. The summed E-state index contributed by atoms with van der Waals surface area (Å²) >= 11 is 0. The highest BCUT2D eigenvalue weighted by atomic mass is 16.6. The molecule has 36 heavy (non-hydrogen) atoms. The van der Waals surface area contributed by atoms with Gasteiger partial charge in [0.1, 0.15) is 12.0 Å². The normalized spacial score (nSPS) is 17.1. The summed E-state index contributed by atoms with van der Waals surface area (Å²) in [5.74, 6) is -4.54. The second-order valence-electron chi connectivity index (χ2n) is 8.38. The van der Waals surface area contributed by atoms with E-state index < -0.39 is 41.6 Å². The Bertz CT molecular complexity index is 1330. The Morgan fingerprint density at radius 3 is 2.17 bits per heavy atom. The van der Waals surface area contributed by atoms with Crippen LogP contribution in [0.15, 0.2) is 48.5 Å². The summed E-state index contributed by atoms with van der Waals surface area (Å²) in [6, 6.07) is 10.9. The van der Waals surface area contributed by atoms with E-state index in [-0.39, 0.29) is 29.4 Å². The van der Waals surface area contributed by atoms with Crippen LogP contribution in [0.3, 0.4) is 0 Å². The molecule has 0 amide bonds. The number of carbonyl (C=O) groups is 2. The van der Waals surface area contributed by atoms with Gasteiger partial charge in [0.25, 0.3) is 0 Å². The number of fused-ring (bicyclic) bond motifs is 1. The molecule has 10 heteroatoms. The van der Waals surface area contributed by atoms with Gasteiger partial charge in [-0.25, -0.2) is 4.79 Å². The first-order valence-corrected chi connectivity index (χ1v) is 10.9. The number of methoxy groups -OCH3 is 1.